The molecule has 0 radical (unpaired) electrons. The van der Waals surface area contributed by atoms with E-state index in [1.807, 2.05) is 30.5 Å². The van der Waals surface area contributed by atoms with E-state index < -0.39 is 23.8 Å². The number of aliphatic hydroxyl groups is 1. The van der Waals surface area contributed by atoms with E-state index in [4.69, 9.17) is 4.74 Å². The van der Waals surface area contributed by atoms with Crippen molar-refractivity contribution in [2.45, 2.75) is 23.6 Å². The van der Waals surface area contributed by atoms with E-state index in [9.17, 15) is 27.9 Å². The second-order valence-electron chi connectivity index (χ2n) is 7.34. The van der Waals surface area contributed by atoms with E-state index in [-0.39, 0.29) is 43.7 Å². The molecule has 0 spiro atoms. The fourth-order valence-electron chi connectivity index (χ4n) is 3.27. The summed E-state index contributed by atoms with van der Waals surface area (Å²) in [5.74, 6) is -1.12. The molecule has 172 valence electrons. The zero-order valence-electron chi connectivity index (χ0n) is 17.3. The van der Waals surface area contributed by atoms with Gasteiger partial charge in [0.1, 0.15) is 18.5 Å². The Morgan fingerprint density at radius 3 is 2.66 bits per heavy atom. The predicted octanol–water partition coefficient (Wildman–Crippen LogP) is 3.34. The number of benzene rings is 2. The Hall–Kier alpha value is -2.72. The summed E-state index contributed by atoms with van der Waals surface area (Å²) in [4.78, 5) is 27.4. The van der Waals surface area contributed by atoms with Gasteiger partial charge in [-0.1, -0.05) is 6.07 Å². The first kappa shape index (κ1) is 23.9. The molecule has 1 aliphatic heterocycles. The second-order valence-corrected chi connectivity index (χ2v) is 8.22. The molecule has 1 aliphatic rings. The fourth-order valence-corrected chi connectivity index (χ4v) is 3.68. The molecule has 0 aliphatic carbocycles. The van der Waals surface area contributed by atoms with Crippen molar-refractivity contribution in [3.63, 3.8) is 0 Å². The number of aliphatic hydroxyl groups excluding tert-OH is 1. The maximum Gasteiger partial charge on any atom is 0.416 e. The van der Waals surface area contributed by atoms with Crippen LogP contribution in [0.1, 0.15) is 12.0 Å². The van der Waals surface area contributed by atoms with Gasteiger partial charge in [0.15, 0.2) is 0 Å². The number of hydrogen-bond acceptors (Lipinski definition) is 5. The minimum absolute atomic E-state index is 0.0327. The van der Waals surface area contributed by atoms with Gasteiger partial charge in [0.2, 0.25) is 11.8 Å². The van der Waals surface area contributed by atoms with Crippen molar-refractivity contribution in [1.82, 2.24) is 5.32 Å². The first-order valence-electron chi connectivity index (χ1n) is 9.87. The molecular formula is C22H23F3N2O4S. The van der Waals surface area contributed by atoms with Crippen molar-refractivity contribution in [2.75, 3.05) is 30.9 Å². The van der Waals surface area contributed by atoms with Crippen LogP contribution < -0.4 is 15.0 Å². The molecule has 2 amide bonds. The van der Waals surface area contributed by atoms with Gasteiger partial charge >= 0.3 is 6.18 Å². The molecule has 1 saturated heterocycles. The largest absolute Gasteiger partial charge is 0.491 e. The summed E-state index contributed by atoms with van der Waals surface area (Å²) in [7, 11) is 0. The summed E-state index contributed by atoms with van der Waals surface area (Å²) >= 11 is 1.59. The van der Waals surface area contributed by atoms with Crippen LogP contribution in [0.3, 0.4) is 0 Å². The van der Waals surface area contributed by atoms with Gasteiger partial charge in [0.25, 0.3) is 0 Å². The molecule has 0 saturated carbocycles. The Balaban J connectivity index is 1.46. The van der Waals surface area contributed by atoms with E-state index in [1.54, 1.807) is 16.7 Å². The topological polar surface area (TPSA) is 78.9 Å². The van der Waals surface area contributed by atoms with Crippen LogP contribution in [0.25, 0.3) is 0 Å². The lowest BCUT2D eigenvalue weighted by Crippen LogP contribution is -2.39. The normalized spacial score (nSPS) is 17.3. The van der Waals surface area contributed by atoms with Crippen molar-refractivity contribution >= 4 is 29.3 Å². The van der Waals surface area contributed by atoms with E-state index >= 15 is 0 Å². The van der Waals surface area contributed by atoms with Gasteiger partial charge in [0, 0.05) is 30.1 Å². The molecule has 6 nitrogen and oxygen atoms in total. The second kappa shape index (κ2) is 10.3. The van der Waals surface area contributed by atoms with Gasteiger partial charge in [-0.05, 0) is 48.7 Å². The van der Waals surface area contributed by atoms with Gasteiger partial charge < -0.3 is 20.1 Å². The summed E-state index contributed by atoms with van der Waals surface area (Å²) in [6, 6.07) is 11.8. The van der Waals surface area contributed by atoms with Crippen LogP contribution in [0.2, 0.25) is 0 Å². The first-order chi connectivity index (χ1) is 15.2. The standard InChI is InChI=1S/C22H23F3N2O4S/c1-32-19-7-5-16(6-8-19)27-12-14(9-20(27)29)21(30)26-11-17(28)13-31-18-4-2-3-15(10-18)22(23,24)25/h2-8,10,14,17,28H,9,11-13H2,1H3,(H,26,30). The molecule has 32 heavy (non-hydrogen) atoms. The number of amides is 2. The van der Waals surface area contributed by atoms with Gasteiger partial charge in [-0.25, -0.2) is 0 Å². The molecule has 2 unspecified atom stereocenters. The molecule has 2 N–H and O–H groups in total. The highest BCUT2D eigenvalue weighted by molar-refractivity contribution is 7.98. The zero-order chi connectivity index (χ0) is 23.3. The highest BCUT2D eigenvalue weighted by Crippen LogP contribution is 2.31. The van der Waals surface area contributed by atoms with Gasteiger partial charge in [-0.15, -0.1) is 11.8 Å². The van der Waals surface area contributed by atoms with Gasteiger partial charge in [-0.3, -0.25) is 9.59 Å². The lowest BCUT2D eigenvalue weighted by molar-refractivity contribution is -0.137. The van der Waals surface area contributed by atoms with Crippen molar-refractivity contribution in [1.29, 1.82) is 0 Å². The molecule has 0 bridgehead atoms. The molecule has 10 heteroatoms. The van der Waals surface area contributed by atoms with E-state index in [0.29, 0.717) is 0 Å². The Morgan fingerprint density at radius 1 is 1.28 bits per heavy atom. The van der Waals surface area contributed by atoms with Crippen LogP contribution in [0, 0.1) is 5.92 Å². The van der Waals surface area contributed by atoms with Gasteiger partial charge in [0.05, 0.1) is 11.5 Å². The summed E-state index contributed by atoms with van der Waals surface area (Å²) in [6.45, 7) is -0.204. The Labute approximate surface area is 187 Å². The molecule has 2 aromatic rings. The lowest BCUT2D eigenvalue weighted by atomic mass is 10.1. The van der Waals surface area contributed by atoms with E-state index in [0.717, 1.165) is 22.7 Å². The summed E-state index contributed by atoms with van der Waals surface area (Å²) in [5.41, 5.74) is -0.131. The third-order valence-electron chi connectivity index (χ3n) is 5.00. The smallest absolute Gasteiger partial charge is 0.416 e. The van der Waals surface area contributed by atoms with Crippen LogP contribution in [0.4, 0.5) is 18.9 Å². The van der Waals surface area contributed by atoms with E-state index in [2.05, 4.69) is 5.32 Å². The molecule has 2 aromatic carbocycles. The van der Waals surface area contributed by atoms with Crippen LogP contribution in [-0.4, -0.2) is 49.0 Å². The summed E-state index contributed by atoms with van der Waals surface area (Å²) in [5, 5.41) is 12.6. The average molecular weight is 468 g/mol. The molecular weight excluding hydrogens is 445 g/mol. The van der Waals surface area contributed by atoms with Crippen molar-refractivity contribution in [3.05, 3.63) is 54.1 Å². The van der Waals surface area contributed by atoms with Gasteiger partial charge in [-0.2, -0.15) is 13.2 Å². The van der Waals surface area contributed by atoms with Crippen LogP contribution in [-0.2, 0) is 15.8 Å². The van der Waals surface area contributed by atoms with Crippen LogP contribution >= 0.6 is 11.8 Å². The minimum Gasteiger partial charge on any atom is -0.491 e. The Kier molecular flexibility index (Phi) is 7.68. The molecule has 1 heterocycles. The first-order valence-corrected chi connectivity index (χ1v) is 11.1. The van der Waals surface area contributed by atoms with E-state index in [1.165, 1.54) is 12.1 Å². The van der Waals surface area contributed by atoms with Crippen LogP contribution in [0.5, 0.6) is 5.75 Å². The number of ether oxygens (including phenoxy) is 1. The monoisotopic (exact) mass is 468 g/mol. The summed E-state index contributed by atoms with van der Waals surface area (Å²) in [6.07, 6.45) is -3.60. The Morgan fingerprint density at radius 2 is 2.00 bits per heavy atom. The number of anilines is 1. The summed E-state index contributed by atoms with van der Waals surface area (Å²) < 4.78 is 43.4. The van der Waals surface area contributed by atoms with Crippen LogP contribution in [0.15, 0.2) is 53.4 Å². The number of carbonyl (C=O) groups is 2. The number of halogens is 3. The fraction of sp³-hybridized carbons (Fsp3) is 0.364. The number of nitrogens with one attached hydrogen (secondary N) is 1. The average Bonchev–Trinajstić information content (AvgIpc) is 3.17. The SMILES string of the molecule is CSc1ccc(N2CC(C(=O)NCC(O)COc3cccc(C(F)(F)F)c3)CC2=O)cc1. The molecule has 2 atom stereocenters. The molecule has 1 fully saturated rings. The number of alkyl halides is 3. The third kappa shape index (κ3) is 6.17. The number of rotatable bonds is 8. The number of thioether (sulfide) groups is 1. The quantitative estimate of drug-likeness (QED) is 0.581. The minimum atomic E-state index is -4.49. The third-order valence-corrected chi connectivity index (χ3v) is 5.74. The number of hydrogen-bond donors (Lipinski definition) is 2. The molecule has 3 rings (SSSR count). The van der Waals surface area contributed by atoms with Crippen molar-refractivity contribution < 1.29 is 32.6 Å². The Bertz CT molecular complexity index is 953. The highest BCUT2D eigenvalue weighted by atomic mass is 32.2. The number of nitrogens with zero attached hydrogens (tertiary/aromatic N) is 1. The lowest BCUT2D eigenvalue weighted by Gasteiger charge is -2.18. The zero-order valence-corrected chi connectivity index (χ0v) is 18.1. The van der Waals surface area contributed by atoms with Crippen molar-refractivity contribution in [3.8, 4) is 5.75 Å². The predicted molar refractivity (Wildman–Crippen MR) is 115 cm³/mol. The maximum atomic E-state index is 12.7. The maximum absolute atomic E-state index is 12.7. The number of carbonyl (C=O) groups excluding carboxylic acids is 2. The molecule has 0 aromatic heterocycles. The highest BCUT2D eigenvalue weighted by Gasteiger charge is 2.35. The van der Waals surface area contributed by atoms with Crippen molar-refractivity contribution in [2.24, 2.45) is 5.92 Å².